The van der Waals surface area contributed by atoms with Crippen LogP contribution in [0.4, 0.5) is 11.4 Å². The second kappa shape index (κ2) is 7.89. The summed E-state index contributed by atoms with van der Waals surface area (Å²) in [5, 5.41) is 3.85. The van der Waals surface area contributed by atoms with Crippen LogP contribution in [0, 0.1) is 13.8 Å². The van der Waals surface area contributed by atoms with Gasteiger partial charge in [-0.25, -0.2) is 0 Å². The summed E-state index contributed by atoms with van der Waals surface area (Å²) in [6, 6.07) is 14.0. The van der Waals surface area contributed by atoms with Crippen LogP contribution in [0.15, 0.2) is 42.5 Å². The van der Waals surface area contributed by atoms with E-state index in [2.05, 4.69) is 16.3 Å². The Labute approximate surface area is 154 Å². The van der Waals surface area contributed by atoms with Gasteiger partial charge in [0.05, 0.1) is 26.2 Å². The highest BCUT2D eigenvalue weighted by atomic mass is 35.5. The number of rotatable bonds is 4. The Kier molecular flexibility index (Phi) is 5.61. The van der Waals surface area contributed by atoms with Crippen LogP contribution in [0.5, 0.6) is 0 Å². The lowest BCUT2D eigenvalue weighted by Gasteiger charge is -2.33. The van der Waals surface area contributed by atoms with Crippen molar-refractivity contribution in [3.8, 4) is 0 Å². The summed E-state index contributed by atoms with van der Waals surface area (Å²) in [6.45, 7) is 8.34. The number of aryl methyl sites for hydroxylation is 2. The zero-order valence-electron chi connectivity index (χ0n) is 14.8. The van der Waals surface area contributed by atoms with Gasteiger partial charge in [0.1, 0.15) is 0 Å². The number of carbonyl (C=O) groups excluding carboxylic acids is 1. The van der Waals surface area contributed by atoms with Crippen molar-refractivity contribution in [2.24, 2.45) is 0 Å². The smallest absolute Gasteiger partial charge is 0.279 e. The Balaban J connectivity index is 1.53. The molecule has 0 bridgehead atoms. The SMILES string of the molecule is Cc1cccc(C)c1NC(=O)C[NH+]1CCN(c2cccc(Cl)c2)CC1. The number of hydrogen-bond acceptors (Lipinski definition) is 2. The molecule has 0 saturated carbocycles. The molecule has 3 rings (SSSR count). The molecule has 0 aliphatic carbocycles. The fourth-order valence-corrected chi connectivity index (χ4v) is 3.54. The Bertz CT molecular complexity index is 734. The zero-order valence-corrected chi connectivity index (χ0v) is 15.6. The zero-order chi connectivity index (χ0) is 17.8. The quantitative estimate of drug-likeness (QED) is 0.880. The summed E-state index contributed by atoms with van der Waals surface area (Å²) in [7, 11) is 0. The van der Waals surface area contributed by atoms with Gasteiger partial charge in [-0.15, -0.1) is 0 Å². The van der Waals surface area contributed by atoms with E-state index in [0.29, 0.717) is 6.54 Å². The minimum Gasteiger partial charge on any atom is -0.360 e. The average Bonchev–Trinajstić information content (AvgIpc) is 2.59. The van der Waals surface area contributed by atoms with Gasteiger partial charge in [0.15, 0.2) is 6.54 Å². The van der Waals surface area contributed by atoms with Crippen LogP contribution in [0.2, 0.25) is 5.02 Å². The highest BCUT2D eigenvalue weighted by molar-refractivity contribution is 6.30. The number of piperazine rings is 1. The van der Waals surface area contributed by atoms with E-state index in [0.717, 1.165) is 53.7 Å². The lowest BCUT2D eigenvalue weighted by Crippen LogP contribution is -3.15. The second-order valence-electron chi connectivity index (χ2n) is 6.71. The van der Waals surface area contributed by atoms with Gasteiger partial charge >= 0.3 is 0 Å². The summed E-state index contributed by atoms with van der Waals surface area (Å²) >= 11 is 6.08. The molecule has 4 nitrogen and oxygen atoms in total. The van der Waals surface area contributed by atoms with E-state index in [9.17, 15) is 4.79 Å². The molecule has 1 amide bonds. The monoisotopic (exact) mass is 358 g/mol. The molecule has 1 fully saturated rings. The van der Waals surface area contributed by atoms with Gasteiger partial charge in [-0.05, 0) is 43.2 Å². The van der Waals surface area contributed by atoms with Crippen molar-refractivity contribution in [3.05, 3.63) is 58.6 Å². The molecule has 2 N–H and O–H groups in total. The first kappa shape index (κ1) is 17.8. The predicted molar refractivity (Wildman–Crippen MR) is 104 cm³/mol. The molecule has 1 heterocycles. The number of hydrogen-bond donors (Lipinski definition) is 2. The molecule has 2 aromatic rings. The number of para-hydroxylation sites is 1. The van der Waals surface area contributed by atoms with Crippen molar-refractivity contribution < 1.29 is 9.69 Å². The van der Waals surface area contributed by atoms with E-state index < -0.39 is 0 Å². The van der Waals surface area contributed by atoms with Crippen molar-refractivity contribution in [1.82, 2.24) is 0 Å². The molecule has 132 valence electrons. The molecule has 2 aromatic carbocycles. The Morgan fingerprint density at radius 1 is 1.12 bits per heavy atom. The van der Waals surface area contributed by atoms with Crippen LogP contribution in [-0.2, 0) is 4.79 Å². The van der Waals surface area contributed by atoms with Gasteiger partial charge in [-0.3, -0.25) is 4.79 Å². The van der Waals surface area contributed by atoms with Gasteiger partial charge in [-0.2, -0.15) is 0 Å². The van der Waals surface area contributed by atoms with E-state index in [-0.39, 0.29) is 5.91 Å². The van der Waals surface area contributed by atoms with Crippen molar-refractivity contribution in [2.45, 2.75) is 13.8 Å². The first-order valence-corrected chi connectivity index (χ1v) is 9.11. The van der Waals surface area contributed by atoms with E-state index in [1.807, 2.05) is 50.2 Å². The molecule has 5 heteroatoms. The van der Waals surface area contributed by atoms with Crippen LogP contribution < -0.4 is 15.1 Å². The van der Waals surface area contributed by atoms with Crippen LogP contribution in [0.3, 0.4) is 0 Å². The predicted octanol–water partition coefficient (Wildman–Crippen LogP) is 2.30. The molecule has 0 aromatic heterocycles. The third-order valence-electron chi connectivity index (χ3n) is 4.80. The maximum atomic E-state index is 12.4. The number of anilines is 2. The van der Waals surface area contributed by atoms with E-state index in [4.69, 9.17) is 11.6 Å². The molecular weight excluding hydrogens is 334 g/mol. The van der Waals surface area contributed by atoms with Crippen LogP contribution in [-0.4, -0.2) is 38.6 Å². The number of nitrogens with one attached hydrogen (secondary N) is 2. The molecule has 1 aliphatic heterocycles. The number of carbonyl (C=O) groups is 1. The fraction of sp³-hybridized carbons (Fsp3) is 0.350. The van der Waals surface area contributed by atoms with E-state index in [1.165, 1.54) is 4.90 Å². The van der Waals surface area contributed by atoms with Crippen LogP contribution in [0.1, 0.15) is 11.1 Å². The molecular formula is C20H25ClN3O+. The first-order chi connectivity index (χ1) is 12.0. The van der Waals surface area contributed by atoms with Gasteiger partial charge in [0.2, 0.25) is 0 Å². The minimum atomic E-state index is 0.0867. The van der Waals surface area contributed by atoms with Gasteiger partial charge in [0, 0.05) is 16.4 Å². The molecule has 1 aliphatic rings. The summed E-state index contributed by atoms with van der Waals surface area (Å²) in [5.41, 5.74) is 4.32. The molecule has 25 heavy (non-hydrogen) atoms. The van der Waals surface area contributed by atoms with Crippen molar-refractivity contribution >= 4 is 28.9 Å². The van der Waals surface area contributed by atoms with E-state index >= 15 is 0 Å². The normalized spacial score (nSPS) is 15.2. The van der Waals surface area contributed by atoms with Gasteiger partial charge < -0.3 is 15.1 Å². The van der Waals surface area contributed by atoms with Crippen molar-refractivity contribution in [2.75, 3.05) is 42.9 Å². The standard InChI is InChI=1S/C20H24ClN3O/c1-15-5-3-6-16(2)20(15)22-19(25)14-23-9-11-24(12-10-23)18-8-4-7-17(21)13-18/h3-8,13H,9-12,14H2,1-2H3,(H,22,25)/p+1. The fourth-order valence-electron chi connectivity index (χ4n) is 3.35. The van der Waals surface area contributed by atoms with Gasteiger partial charge in [-0.1, -0.05) is 35.9 Å². The average molecular weight is 359 g/mol. The lowest BCUT2D eigenvalue weighted by molar-refractivity contribution is -0.892. The van der Waals surface area contributed by atoms with Crippen LogP contribution in [0.25, 0.3) is 0 Å². The van der Waals surface area contributed by atoms with Gasteiger partial charge in [0.25, 0.3) is 5.91 Å². The lowest BCUT2D eigenvalue weighted by atomic mass is 10.1. The third-order valence-corrected chi connectivity index (χ3v) is 5.04. The number of quaternary nitrogens is 1. The summed E-state index contributed by atoms with van der Waals surface area (Å²) < 4.78 is 0. The summed E-state index contributed by atoms with van der Waals surface area (Å²) in [5.74, 6) is 0.0867. The summed E-state index contributed by atoms with van der Waals surface area (Å²) in [4.78, 5) is 16.1. The molecule has 0 atom stereocenters. The first-order valence-electron chi connectivity index (χ1n) is 8.73. The number of halogens is 1. The molecule has 0 radical (unpaired) electrons. The highest BCUT2D eigenvalue weighted by Gasteiger charge is 2.22. The third kappa shape index (κ3) is 4.53. The molecule has 0 spiro atoms. The Hall–Kier alpha value is -2.04. The molecule has 1 saturated heterocycles. The highest BCUT2D eigenvalue weighted by Crippen LogP contribution is 2.20. The maximum Gasteiger partial charge on any atom is 0.279 e. The van der Waals surface area contributed by atoms with Crippen molar-refractivity contribution in [3.63, 3.8) is 0 Å². The Morgan fingerprint density at radius 2 is 1.76 bits per heavy atom. The Morgan fingerprint density at radius 3 is 2.40 bits per heavy atom. The number of benzene rings is 2. The van der Waals surface area contributed by atoms with Crippen molar-refractivity contribution in [1.29, 1.82) is 0 Å². The van der Waals surface area contributed by atoms with Crippen LogP contribution >= 0.6 is 11.6 Å². The number of amides is 1. The number of nitrogens with zero attached hydrogens (tertiary/aromatic N) is 1. The second-order valence-corrected chi connectivity index (χ2v) is 7.15. The largest absolute Gasteiger partial charge is 0.360 e. The van der Waals surface area contributed by atoms with E-state index in [1.54, 1.807) is 0 Å². The topological polar surface area (TPSA) is 36.8 Å². The maximum absolute atomic E-state index is 12.4. The molecule has 0 unspecified atom stereocenters. The summed E-state index contributed by atoms with van der Waals surface area (Å²) in [6.07, 6.45) is 0. The minimum absolute atomic E-state index is 0.0867.